The first-order chi connectivity index (χ1) is 5.19. The monoisotopic (exact) mass is 151 g/mol. The summed E-state index contributed by atoms with van der Waals surface area (Å²) < 4.78 is 0. The van der Waals surface area contributed by atoms with Crippen LogP contribution < -0.4 is 0 Å². The van der Waals surface area contributed by atoms with Crippen molar-refractivity contribution in [2.24, 2.45) is 5.41 Å². The molecule has 1 N–H and O–H groups in total. The van der Waals surface area contributed by atoms with Crippen molar-refractivity contribution >= 4 is 0 Å². The fourth-order valence-electron chi connectivity index (χ4n) is 1.39. The Hall–Kier alpha value is -0.810. The van der Waals surface area contributed by atoms with Crippen molar-refractivity contribution in [2.75, 3.05) is 0 Å². The minimum Gasteiger partial charge on any atom is -0.378 e. The van der Waals surface area contributed by atoms with Gasteiger partial charge in [0.05, 0.1) is 6.07 Å². The second-order valence-corrected chi connectivity index (χ2v) is 3.40. The molecule has 2 nitrogen and oxygen atoms in total. The zero-order chi connectivity index (χ0) is 8.32. The van der Waals surface area contributed by atoms with Crippen molar-refractivity contribution in [3.8, 4) is 6.07 Å². The normalized spacial score (nSPS) is 32.8. The lowest BCUT2D eigenvalue weighted by atomic mass is 9.75. The van der Waals surface area contributed by atoms with Gasteiger partial charge in [-0.15, -0.1) is 0 Å². The zero-order valence-corrected chi connectivity index (χ0v) is 6.75. The molecule has 1 aliphatic carbocycles. The van der Waals surface area contributed by atoms with E-state index in [0.29, 0.717) is 0 Å². The highest BCUT2D eigenvalue weighted by Crippen LogP contribution is 2.35. The van der Waals surface area contributed by atoms with Gasteiger partial charge >= 0.3 is 0 Å². The van der Waals surface area contributed by atoms with Gasteiger partial charge in [0.2, 0.25) is 0 Å². The van der Waals surface area contributed by atoms with E-state index in [1.807, 2.05) is 19.1 Å². The molecule has 0 saturated carbocycles. The highest BCUT2D eigenvalue weighted by atomic mass is 16.3. The summed E-state index contributed by atoms with van der Waals surface area (Å²) in [7, 11) is 0. The predicted octanol–water partition coefficient (Wildman–Crippen LogP) is 1.62. The molecule has 0 aromatic heterocycles. The van der Waals surface area contributed by atoms with E-state index in [-0.39, 0.29) is 5.41 Å². The van der Waals surface area contributed by atoms with Gasteiger partial charge in [0, 0.05) is 5.41 Å². The third-order valence-corrected chi connectivity index (χ3v) is 2.42. The number of nitriles is 1. The summed E-state index contributed by atoms with van der Waals surface area (Å²) in [5, 5.41) is 17.9. The topological polar surface area (TPSA) is 44.0 Å². The van der Waals surface area contributed by atoms with Gasteiger partial charge in [-0.25, -0.2) is 0 Å². The smallest absolute Gasteiger partial charge is 0.146 e. The molecule has 0 spiro atoms. The molecule has 0 saturated heterocycles. The maximum atomic E-state index is 9.35. The Bertz CT molecular complexity index is 204. The zero-order valence-electron chi connectivity index (χ0n) is 6.75. The number of hydrogen-bond acceptors (Lipinski definition) is 2. The van der Waals surface area contributed by atoms with Crippen LogP contribution in [0.3, 0.4) is 0 Å². The van der Waals surface area contributed by atoms with Crippen LogP contribution in [-0.4, -0.2) is 11.2 Å². The average Bonchev–Trinajstić information content (AvgIpc) is 2.04. The van der Waals surface area contributed by atoms with Gasteiger partial charge in [0.1, 0.15) is 6.10 Å². The summed E-state index contributed by atoms with van der Waals surface area (Å²) in [6.45, 7) is 1.96. The van der Waals surface area contributed by atoms with E-state index in [4.69, 9.17) is 5.26 Å². The first-order valence-electron chi connectivity index (χ1n) is 3.92. The van der Waals surface area contributed by atoms with Crippen LogP contribution in [0.15, 0.2) is 12.2 Å². The number of rotatable bonds is 1. The Morgan fingerprint density at radius 3 is 2.82 bits per heavy atom. The second kappa shape index (κ2) is 3.06. The summed E-state index contributed by atoms with van der Waals surface area (Å²) in [6.07, 6.45) is 6.05. The lowest BCUT2D eigenvalue weighted by Gasteiger charge is -2.31. The summed E-state index contributed by atoms with van der Waals surface area (Å²) in [5.74, 6) is 0. The van der Waals surface area contributed by atoms with Crippen molar-refractivity contribution < 1.29 is 5.11 Å². The van der Waals surface area contributed by atoms with Crippen LogP contribution in [0.5, 0.6) is 0 Å². The van der Waals surface area contributed by atoms with Gasteiger partial charge in [0.15, 0.2) is 0 Å². The highest BCUT2D eigenvalue weighted by molar-refractivity contribution is 5.04. The van der Waals surface area contributed by atoms with Crippen LogP contribution in [0, 0.1) is 16.7 Å². The Balaban J connectivity index is 2.67. The van der Waals surface area contributed by atoms with E-state index in [1.165, 1.54) is 0 Å². The summed E-state index contributed by atoms with van der Waals surface area (Å²) in [4.78, 5) is 0. The maximum absolute atomic E-state index is 9.35. The molecule has 1 rings (SSSR count). The van der Waals surface area contributed by atoms with Crippen molar-refractivity contribution in [1.29, 1.82) is 5.26 Å². The molecule has 2 atom stereocenters. The molecule has 2 heteroatoms. The van der Waals surface area contributed by atoms with Crippen molar-refractivity contribution in [2.45, 2.75) is 32.3 Å². The lowest BCUT2D eigenvalue weighted by Crippen LogP contribution is -2.31. The van der Waals surface area contributed by atoms with E-state index in [2.05, 4.69) is 6.08 Å². The number of aliphatic hydroxyl groups excluding tert-OH is 1. The average molecular weight is 151 g/mol. The van der Waals surface area contributed by atoms with Gasteiger partial charge in [-0.05, 0) is 19.3 Å². The molecule has 0 aromatic carbocycles. The van der Waals surface area contributed by atoms with E-state index in [0.717, 1.165) is 19.3 Å². The number of hydrogen-bond donors (Lipinski definition) is 1. The molecule has 0 aliphatic heterocycles. The van der Waals surface area contributed by atoms with E-state index < -0.39 is 6.10 Å². The summed E-state index contributed by atoms with van der Waals surface area (Å²) >= 11 is 0. The molecule has 0 amide bonds. The molecule has 60 valence electrons. The predicted molar refractivity (Wildman–Crippen MR) is 42.7 cm³/mol. The standard InChI is InChI=1S/C9H13NO/c1-9(8(11)7-10)5-3-2-4-6-9/h2-3,8,11H,4-6H2,1H3. The number of nitrogens with zero attached hydrogens (tertiary/aromatic N) is 1. The molecule has 0 aromatic rings. The Labute approximate surface area is 67.2 Å². The van der Waals surface area contributed by atoms with E-state index >= 15 is 0 Å². The van der Waals surface area contributed by atoms with Crippen LogP contribution >= 0.6 is 0 Å². The second-order valence-electron chi connectivity index (χ2n) is 3.40. The Morgan fingerprint density at radius 2 is 2.36 bits per heavy atom. The van der Waals surface area contributed by atoms with Crippen molar-refractivity contribution in [3.05, 3.63) is 12.2 Å². The number of allylic oxidation sites excluding steroid dienone is 2. The maximum Gasteiger partial charge on any atom is 0.146 e. The van der Waals surface area contributed by atoms with Crippen molar-refractivity contribution in [3.63, 3.8) is 0 Å². The van der Waals surface area contributed by atoms with Gasteiger partial charge in [-0.3, -0.25) is 0 Å². The van der Waals surface area contributed by atoms with Crippen LogP contribution in [0.1, 0.15) is 26.2 Å². The molecule has 11 heavy (non-hydrogen) atoms. The van der Waals surface area contributed by atoms with Crippen LogP contribution in [0.2, 0.25) is 0 Å². The third kappa shape index (κ3) is 1.61. The molecule has 0 bridgehead atoms. The Morgan fingerprint density at radius 1 is 1.64 bits per heavy atom. The molecule has 0 fully saturated rings. The first-order valence-corrected chi connectivity index (χ1v) is 3.92. The van der Waals surface area contributed by atoms with Crippen LogP contribution in [-0.2, 0) is 0 Å². The van der Waals surface area contributed by atoms with E-state index in [9.17, 15) is 5.11 Å². The SMILES string of the molecule is CC1(C(O)C#N)CC=CCC1. The fourth-order valence-corrected chi connectivity index (χ4v) is 1.39. The van der Waals surface area contributed by atoms with Gasteiger partial charge in [-0.2, -0.15) is 5.26 Å². The molecule has 1 aliphatic rings. The Kier molecular flexibility index (Phi) is 2.31. The van der Waals surface area contributed by atoms with Crippen LogP contribution in [0.4, 0.5) is 0 Å². The quantitative estimate of drug-likeness (QED) is 0.457. The van der Waals surface area contributed by atoms with E-state index in [1.54, 1.807) is 0 Å². The minimum absolute atomic E-state index is 0.205. The fraction of sp³-hybridized carbons (Fsp3) is 0.667. The molecule has 2 unspecified atom stereocenters. The van der Waals surface area contributed by atoms with Gasteiger partial charge < -0.3 is 5.11 Å². The largest absolute Gasteiger partial charge is 0.378 e. The lowest BCUT2D eigenvalue weighted by molar-refractivity contribution is 0.0740. The molecular formula is C9H13NO. The summed E-state index contributed by atoms with van der Waals surface area (Å²) in [5.41, 5.74) is -0.205. The minimum atomic E-state index is -0.813. The molecule has 0 heterocycles. The summed E-state index contributed by atoms with van der Waals surface area (Å²) in [6, 6.07) is 1.90. The van der Waals surface area contributed by atoms with Crippen LogP contribution in [0.25, 0.3) is 0 Å². The van der Waals surface area contributed by atoms with Gasteiger partial charge in [0.25, 0.3) is 0 Å². The highest BCUT2D eigenvalue weighted by Gasteiger charge is 2.32. The van der Waals surface area contributed by atoms with Gasteiger partial charge in [-0.1, -0.05) is 19.1 Å². The molecular weight excluding hydrogens is 138 g/mol. The third-order valence-electron chi connectivity index (χ3n) is 2.42. The van der Waals surface area contributed by atoms with Crippen molar-refractivity contribution in [1.82, 2.24) is 0 Å². The number of aliphatic hydroxyl groups is 1. The molecule has 0 radical (unpaired) electrons. The first kappa shape index (κ1) is 8.29.